The number of carbonyl (C=O) groups excluding carboxylic acids is 4. The number of hydrogen-bond acceptors (Lipinski definition) is 10. The molecule has 9 rings (SSSR count). The van der Waals surface area contributed by atoms with Gasteiger partial charge < -0.3 is 39.9 Å². The van der Waals surface area contributed by atoms with Crippen molar-refractivity contribution < 1.29 is 28.7 Å². The molecule has 4 N–H and O–H groups in total. The highest BCUT2D eigenvalue weighted by atomic mass is 16.5. The maximum atomic E-state index is 13.8. The van der Waals surface area contributed by atoms with Crippen molar-refractivity contribution in [3.05, 3.63) is 84.7 Å². The molecule has 4 aromatic carbocycles. The fourth-order valence-electron chi connectivity index (χ4n) is 8.83. The summed E-state index contributed by atoms with van der Waals surface area (Å²) in [6, 6.07) is 19.2. The van der Waals surface area contributed by atoms with Crippen molar-refractivity contribution in [3.63, 3.8) is 0 Å². The van der Waals surface area contributed by atoms with Gasteiger partial charge in [0.1, 0.15) is 24.2 Å². The summed E-state index contributed by atoms with van der Waals surface area (Å²) in [7, 11) is 2.55. The largest absolute Gasteiger partial charge is 0.453 e. The molecule has 2 aliphatic heterocycles. The van der Waals surface area contributed by atoms with E-state index in [1.165, 1.54) is 14.2 Å². The molecule has 7 aromatic rings. The van der Waals surface area contributed by atoms with Gasteiger partial charge in [-0.3, -0.25) is 9.59 Å². The Bertz CT molecular complexity index is 2850. The Hall–Kier alpha value is -7.10. The van der Waals surface area contributed by atoms with Crippen LogP contribution in [-0.2, 0) is 19.1 Å². The number of aromatic nitrogens is 6. The molecule has 312 valence electrons. The van der Waals surface area contributed by atoms with Crippen LogP contribution >= 0.6 is 0 Å². The third kappa shape index (κ3) is 7.31. The Balaban J connectivity index is 1.06. The number of alkyl carbamates (subject to hydrolysis) is 2. The summed E-state index contributed by atoms with van der Waals surface area (Å²) >= 11 is 0. The Morgan fingerprint density at radius 2 is 1.25 bits per heavy atom. The Kier molecular flexibility index (Phi) is 10.4. The number of para-hydroxylation sites is 2. The first-order chi connectivity index (χ1) is 29.6. The monoisotopic (exact) mass is 822 g/mol. The van der Waals surface area contributed by atoms with E-state index < -0.39 is 18.2 Å². The molecule has 0 bridgehead atoms. The molecule has 61 heavy (non-hydrogen) atoms. The van der Waals surface area contributed by atoms with Gasteiger partial charge in [-0.1, -0.05) is 50.2 Å². The van der Waals surface area contributed by atoms with E-state index in [1.807, 2.05) is 38.1 Å². The van der Waals surface area contributed by atoms with Gasteiger partial charge >= 0.3 is 12.2 Å². The molecule has 16 nitrogen and oxygen atoms in total. The third-order valence-corrected chi connectivity index (χ3v) is 11.9. The van der Waals surface area contributed by atoms with Crippen LogP contribution < -0.4 is 10.6 Å². The normalized spacial score (nSPS) is 17.1. The fourth-order valence-corrected chi connectivity index (χ4v) is 8.83. The number of hydrogen-bond donors (Lipinski definition) is 4. The lowest BCUT2D eigenvalue weighted by Gasteiger charge is -2.30. The van der Waals surface area contributed by atoms with Crippen LogP contribution in [-0.4, -0.2) is 104 Å². The lowest BCUT2D eigenvalue weighted by Crippen LogP contribution is -2.51. The van der Waals surface area contributed by atoms with Crippen molar-refractivity contribution in [3.8, 4) is 22.5 Å². The van der Waals surface area contributed by atoms with Crippen molar-refractivity contribution in [2.24, 2.45) is 5.92 Å². The number of nitrogens with one attached hydrogen (secondary N) is 4. The number of amides is 4. The Morgan fingerprint density at radius 3 is 1.77 bits per heavy atom. The summed E-state index contributed by atoms with van der Waals surface area (Å²) in [5.41, 5.74) is 6.51. The van der Waals surface area contributed by atoms with Crippen LogP contribution in [0.2, 0.25) is 0 Å². The first-order valence-corrected chi connectivity index (χ1v) is 20.5. The highest BCUT2D eigenvalue weighted by molar-refractivity contribution is 6.24. The number of rotatable bonds is 9. The van der Waals surface area contributed by atoms with Crippen LogP contribution in [0.5, 0.6) is 0 Å². The number of carbonyl (C=O) groups is 4. The van der Waals surface area contributed by atoms with Crippen LogP contribution in [0, 0.1) is 5.92 Å². The molecule has 2 fully saturated rings. The smallest absolute Gasteiger partial charge is 0.407 e. The third-order valence-electron chi connectivity index (χ3n) is 11.9. The van der Waals surface area contributed by atoms with Gasteiger partial charge in [0.25, 0.3) is 0 Å². The molecule has 4 amide bonds. The number of aromatic amines is 2. The average Bonchev–Trinajstić information content (AvgIpc) is 4.13. The van der Waals surface area contributed by atoms with Gasteiger partial charge in [0.15, 0.2) is 0 Å². The van der Waals surface area contributed by atoms with E-state index in [9.17, 15) is 19.2 Å². The standard InChI is InChI=1S/C45H46N10O6/c1-24(2)38(53-45(59)61-4)43(57)55-18-8-12-36(55)42-47-22-34(52-42)26-14-16-28-27-15-13-25(19-29(27)39-40(30(28)20-26)50-32-10-6-5-9-31(32)49-39)33-21-46-41(51-33)35-11-7-17-54(35)37(56)23-48-44(58)60-3/h5-6,9-10,13-16,19-22,24,35-36,38H,7-8,11-12,17-18,23H2,1-4H3,(H,46,51)(H,47,52)(H,48,58)(H,53,59)/t35-,36-,38?/m0/s1. The molecule has 2 saturated heterocycles. The van der Waals surface area contributed by atoms with E-state index in [-0.39, 0.29) is 36.4 Å². The number of imidazole rings is 2. The summed E-state index contributed by atoms with van der Waals surface area (Å²) in [5, 5.41) is 9.09. The molecular formula is C45H46N10O6. The fraction of sp³-hybridized carbons (Fsp3) is 0.333. The number of benzene rings is 4. The van der Waals surface area contributed by atoms with E-state index >= 15 is 0 Å². The molecule has 0 radical (unpaired) electrons. The number of likely N-dealkylation sites (tertiary alicyclic amines) is 2. The van der Waals surface area contributed by atoms with E-state index in [4.69, 9.17) is 24.7 Å². The lowest BCUT2D eigenvalue weighted by molar-refractivity contribution is -0.135. The van der Waals surface area contributed by atoms with Gasteiger partial charge in [-0.05, 0) is 66.6 Å². The van der Waals surface area contributed by atoms with Crippen molar-refractivity contribution in [2.45, 2.75) is 57.7 Å². The molecule has 16 heteroatoms. The minimum atomic E-state index is -0.722. The zero-order chi connectivity index (χ0) is 42.4. The molecule has 3 atom stereocenters. The zero-order valence-corrected chi connectivity index (χ0v) is 34.3. The number of methoxy groups -OCH3 is 2. The molecule has 0 aliphatic carbocycles. The quantitative estimate of drug-likeness (QED) is 0.0874. The summed E-state index contributed by atoms with van der Waals surface area (Å²) < 4.78 is 9.43. The van der Waals surface area contributed by atoms with Gasteiger partial charge in [-0.25, -0.2) is 29.5 Å². The molecule has 5 heterocycles. The van der Waals surface area contributed by atoms with Crippen molar-refractivity contribution in [1.29, 1.82) is 0 Å². The van der Waals surface area contributed by atoms with Crippen molar-refractivity contribution in [1.82, 2.24) is 50.3 Å². The van der Waals surface area contributed by atoms with Gasteiger partial charge in [0, 0.05) is 35.0 Å². The summed E-state index contributed by atoms with van der Waals surface area (Å²) in [4.78, 5) is 81.0. The van der Waals surface area contributed by atoms with Crippen molar-refractivity contribution >= 4 is 67.6 Å². The van der Waals surface area contributed by atoms with Crippen LogP contribution in [0.4, 0.5) is 9.59 Å². The first kappa shape index (κ1) is 39.4. The predicted molar refractivity (Wildman–Crippen MR) is 229 cm³/mol. The maximum absolute atomic E-state index is 13.8. The van der Waals surface area contributed by atoms with Gasteiger partial charge in [-0.2, -0.15) is 0 Å². The second-order valence-corrected chi connectivity index (χ2v) is 15.9. The van der Waals surface area contributed by atoms with E-state index in [0.717, 1.165) is 91.8 Å². The second-order valence-electron chi connectivity index (χ2n) is 15.9. The maximum Gasteiger partial charge on any atom is 0.407 e. The number of fused-ring (bicyclic) bond motifs is 7. The highest BCUT2D eigenvalue weighted by Gasteiger charge is 2.38. The molecule has 1 unspecified atom stereocenters. The lowest BCUT2D eigenvalue weighted by atomic mass is 9.95. The van der Waals surface area contributed by atoms with Crippen molar-refractivity contribution in [2.75, 3.05) is 33.9 Å². The minimum Gasteiger partial charge on any atom is -0.453 e. The zero-order valence-electron chi connectivity index (χ0n) is 34.3. The number of nitrogens with zero attached hydrogens (tertiary/aromatic N) is 6. The number of ether oxygens (including phenoxy) is 2. The van der Waals surface area contributed by atoms with Gasteiger partial charge in [-0.15, -0.1) is 0 Å². The van der Waals surface area contributed by atoms with Crippen LogP contribution in [0.15, 0.2) is 73.1 Å². The van der Waals surface area contributed by atoms with E-state index in [1.54, 1.807) is 22.2 Å². The van der Waals surface area contributed by atoms with Gasteiger partial charge in [0.05, 0.1) is 72.2 Å². The number of H-pyrrole nitrogens is 2. The molecular weight excluding hydrogens is 777 g/mol. The first-order valence-electron chi connectivity index (χ1n) is 20.5. The Morgan fingerprint density at radius 1 is 0.721 bits per heavy atom. The molecule has 3 aromatic heterocycles. The SMILES string of the molecule is COC(=O)NCC(=O)N1CCC[C@H]1c1ncc(-c2ccc3c4ccc(-c5cnc([C@@H]6CCCN6C(=O)C(NC(=O)OC)C(C)C)[nH]5)cc4c4nc5ccccc5nc4c3c2)[nH]1. The topological polar surface area (TPSA) is 200 Å². The highest BCUT2D eigenvalue weighted by Crippen LogP contribution is 2.39. The predicted octanol–water partition coefficient (Wildman–Crippen LogP) is 6.93. The molecule has 2 aliphatic rings. The average molecular weight is 823 g/mol. The summed E-state index contributed by atoms with van der Waals surface area (Å²) in [5.74, 6) is 0.879. The summed E-state index contributed by atoms with van der Waals surface area (Å²) in [6.07, 6.45) is 5.45. The Labute approximate surface area is 350 Å². The van der Waals surface area contributed by atoms with Gasteiger partial charge in [0.2, 0.25) is 11.8 Å². The second kappa shape index (κ2) is 16.2. The molecule has 0 spiro atoms. The van der Waals surface area contributed by atoms with Crippen LogP contribution in [0.1, 0.15) is 63.3 Å². The van der Waals surface area contributed by atoms with Crippen LogP contribution in [0.3, 0.4) is 0 Å². The van der Waals surface area contributed by atoms with Crippen LogP contribution in [0.25, 0.3) is 66.1 Å². The van der Waals surface area contributed by atoms with E-state index in [2.05, 4.69) is 61.7 Å². The van der Waals surface area contributed by atoms with E-state index in [0.29, 0.717) is 24.7 Å². The summed E-state index contributed by atoms with van der Waals surface area (Å²) in [6.45, 7) is 4.78. The minimum absolute atomic E-state index is 0.134. The molecule has 0 saturated carbocycles.